The molecule has 0 bridgehead atoms. The van der Waals surface area contributed by atoms with Crippen LogP contribution < -0.4 is 15.5 Å². The first-order valence-corrected chi connectivity index (χ1v) is 12.5. The highest BCUT2D eigenvalue weighted by molar-refractivity contribution is 5.93. The quantitative estimate of drug-likeness (QED) is 0.680. The van der Waals surface area contributed by atoms with Crippen molar-refractivity contribution in [1.82, 2.24) is 25.1 Å². The molecule has 0 atom stereocenters. The number of rotatable bonds is 6. The molecule has 34 heavy (non-hydrogen) atoms. The lowest BCUT2D eigenvalue weighted by Gasteiger charge is -2.48. The number of nitrogens with zero attached hydrogens (tertiary/aromatic N) is 5. The van der Waals surface area contributed by atoms with E-state index in [0.717, 1.165) is 71.0 Å². The van der Waals surface area contributed by atoms with Gasteiger partial charge in [0.2, 0.25) is 5.95 Å². The average molecular weight is 464 g/mol. The van der Waals surface area contributed by atoms with E-state index in [2.05, 4.69) is 55.5 Å². The molecule has 8 heteroatoms. The Hall–Kier alpha value is -2.71. The summed E-state index contributed by atoms with van der Waals surface area (Å²) in [5.74, 6) is 0.772. The van der Waals surface area contributed by atoms with Crippen molar-refractivity contribution in [1.29, 1.82) is 0 Å². The highest BCUT2D eigenvalue weighted by Gasteiger charge is 2.39. The molecule has 182 valence electrons. The average Bonchev–Trinajstić information content (AvgIpc) is 2.86. The standard InChI is InChI=1S/C26H37N7O/c1-26(16-27-2)17-33(18-26)25-29-13-21(14-30-25)24(34)31-10-7-23(8-11-31)32-9-6-19-12-22(28-3)5-4-20(19)15-32/h4-5,12-14,23,27-28H,6-11,15-18H2,1-3H3. The molecule has 0 radical (unpaired) electrons. The summed E-state index contributed by atoms with van der Waals surface area (Å²) in [6.45, 7) is 8.82. The Morgan fingerprint density at radius 3 is 2.50 bits per heavy atom. The normalized spacial score (nSPS) is 20.6. The lowest BCUT2D eigenvalue weighted by atomic mass is 9.82. The van der Waals surface area contributed by atoms with Crippen molar-refractivity contribution in [3.05, 3.63) is 47.3 Å². The van der Waals surface area contributed by atoms with E-state index in [1.165, 1.54) is 16.8 Å². The minimum absolute atomic E-state index is 0.0530. The molecule has 2 saturated heterocycles. The molecule has 1 amide bonds. The van der Waals surface area contributed by atoms with Crippen LogP contribution in [0.1, 0.15) is 41.3 Å². The van der Waals surface area contributed by atoms with Gasteiger partial charge in [0.25, 0.3) is 5.91 Å². The van der Waals surface area contributed by atoms with Crippen LogP contribution in [0.4, 0.5) is 11.6 Å². The molecule has 1 aromatic carbocycles. The summed E-state index contributed by atoms with van der Waals surface area (Å²) in [7, 11) is 3.96. The Balaban J connectivity index is 1.13. The van der Waals surface area contributed by atoms with Gasteiger partial charge in [-0.15, -0.1) is 0 Å². The van der Waals surface area contributed by atoms with Crippen LogP contribution in [0.2, 0.25) is 0 Å². The summed E-state index contributed by atoms with van der Waals surface area (Å²) >= 11 is 0. The van der Waals surface area contributed by atoms with E-state index in [1.807, 2.05) is 19.0 Å². The van der Waals surface area contributed by atoms with E-state index in [-0.39, 0.29) is 11.3 Å². The predicted octanol–water partition coefficient (Wildman–Crippen LogP) is 2.23. The van der Waals surface area contributed by atoms with Gasteiger partial charge >= 0.3 is 0 Å². The second-order valence-electron chi connectivity index (χ2n) is 10.4. The van der Waals surface area contributed by atoms with Gasteiger partial charge in [0.05, 0.1) is 5.56 Å². The van der Waals surface area contributed by atoms with Gasteiger partial charge in [0.1, 0.15) is 0 Å². The first-order chi connectivity index (χ1) is 16.5. The van der Waals surface area contributed by atoms with Gasteiger partial charge < -0.3 is 20.4 Å². The van der Waals surface area contributed by atoms with Crippen molar-refractivity contribution in [2.45, 2.75) is 38.8 Å². The van der Waals surface area contributed by atoms with Gasteiger partial charge in [0, 0.05) is 82.4 Å². The lowest BCUT2D eigenvalue weighted by molar-refractivity contribution is 0.0598. The number of anilines is 2. The van der Waals surface area contributed by atoms with Crippen LogP contribution in [0.5, 0.6) is 0 Å². The molecule has 2 aromatic rings. The summed E-state index contributed by atoms with van der Waals surface area (Å²) in [5.41, 5.74) is 4.95. The molecule has 3 aliphatic heterocycles. The molecule has 3 aliphatic rings. The Labute approximate surface area is 202 Å². The number of benzene rings is 1. The van der Waals surface area contributed by atoms with E-state index in [9.17, 15) is 4.79 Å². The zero-order valence-electron chi connectivity index (χ0n) is 20.7. The monoisotopic (exact) mass is 463 g/mol. The van der Waals surface area contributed by atoms with Gasteiger partial charge in [-0.3, -0.25) is 9.69 Å². The van der Waals surface area contributed by atoms with Crippen molar-refractivity contribution >= 4 is 17.5 Å². The number of hydrogen-bond acceptors (Lipinski definition) is 7. The molecular formula is C26H37N7O. The number of carbonyl (C=O) groups excluding carboxylic acids is 1. The summed E-state index contributed by atoms with van der Waals surface area (Å²) in [4.78, 5) is 28.8. The zero-order valence-corrected chi connectivity index (χ0v) is 20.7. The number of likely N-dealkylation sites (tertiary alicyclic amines) is 1. The van der Waals surface area contributed by atoms with Crippen LogP contribution >= 0.6 is 0 Å². The Kier molecular flexibility index (Phi) is 6.44. The van der Waals surface area contributed by atoms with Crippen molar-refractivity contribution < 1.29 is 4.79 Å². The lowest BCUT2D eigenvalue weighted by Crippen LogP contribution is -2.59. The molecule has 0 aliphatic carbocycles. The second-order valence-corrected chi connectivity index (χ2v) is 10.4. The van der Waals surface area contributed by atoms with Crippen molar-refractivity contribution in [2.24, 2.45) is 5.41 Å². The minimum atomic E-state index is 0.0530. The minimum Gasteiger partial charge on any atom is -0.388 e. The summed E-state index contributed by atoms with van der Waals surface area (Å²) in [6.07, 6.45) is 6.54. The molecule has 2 fully saturated rings. The van der Waals surface area contributed by atoms with Gasteiger partial charge in [-0.2, -0.15) is 0 Å². The van der Waals surface area contributed by atoms with E-state index < -0.39 is 0 Å². The summed E-state index contributed by atoms with van der Waals surface area (Å²) < 4.78 is 0. The van der Waals surface area contributed by atoms with Gasteiger partial charge in [-0.1, -0.05) is 13.0 Å². The molecule has 4 heterocycles. The highest BCUT2D eigenvalue weighted by Crippen LogP contribution is 2.31. The molecule has 1 aromatic heterocycles. The van der Waals surface area contributed by atoms with Gasteiger partial charge in [-0.25, -0.2) is 9.97 Å². The van der Waals surface area contributed by atoms with Gasteiger partial charge in [-0.05, 0) is 49.6 Å². The number of nitrogens with one attached hydrogen (secondary N) is 2. The van der Waals surface area contributed by atoms with E-state index in [1.54, 1.807) is 12.4 Å². The number of piperidine rings is 1. The third-order valence-electron chi connectivity index (χ3n) is 7.72. The van der Waals surface area contributed by atoms with Crippen LogP contribution in [0.25, 0.3) is 0 Å². The Morgan fingerprint density at radius 2 is 1.82 bits per heavy atom. The van der Waals surface area contributed by atoms with Crippen LogP contribution in [0.3, 0.4) is 0 Å². The Bertz CT molecular complexity index is 1010. The maximum atomic E-state index is 13.1. The fraction of sp³-hybridized carbons (Fsp3) is 0.577. The molecular weight excluding hydrogens is 426 g/mol. The third kappa shape index (κ3) is 4.61. The third-order valence-corrected chi connectivity index (χ3v) is 7.72. The number of hydrogen-bond donors (Lipinski definition) is 2. The maximum absolute atomic E-state index is 13.1. The predicted molar refractivity (Wildman–Crippen MR) is 135 cm³/mol. The first-order valence-electron chi connectivity index (χ1n) is 12.5. The largest absolute Gasteiger partial charge is 0.388 e. The first kappa shape index (κ1) is 23.1. The maximum Gasteiger partial charge on any atom is 0.256 e. The molecule has 5 rings (SSSR count). The number of fused-ring (bicyclic) bond motifs is 1. The van der Waals surface area contributed by atoms with Crippen LogP contribution in [-0.4, -0.2) is 85.1 Å². The number of carbonyl (C=O) groups is 1. The summed E-state index contributed by atoms with van der Waals surface area (Å²) in [6, 6.07) is 7.25. The van der Waals surface area contributed by atoms with Crippen molar-refractivity contribution in [3.63, 3.8) is 0 Å². The molecule has 0 unspecified atom stereocenters. The molecule has 0 spiro atoms. The van der Waals surface area contributed by atoms with Crippen LogP contribution in [0, 0.1) is 5.41 Å². The molecule has 2 N–H and O–H groups in total. The topological polar surface area (TPSA) is 76.6 Å². The second kappa shape index (κ2) is 9.50. The van der Waals surface area contributed by atoms with Crippen molar-refractivity contribution in [2.75, 3.05) is 63.6 Å². The smallest absolute Gasteiger partial charge is 0.256 e. The zero-order chi connectivity index (χ0) is 23.7. The highest BCUT2D eigenvalue weighted by atomic mass is 16.2. The number of aromatic nitrogens is 2. The molecule has 8 nitrogen and oxygen atoms in total. The SMILES string of the molecule is CNCC1(C)CN(c2ncc(C(=O)N3CCC(N4CCc5cc(NC)ccc5C4)CC3)cn2)C1. The molecule has 0 saturated carbocycles. The van der Waals surface area contributed by atoms with Gasteiger partial charge in [0.15, 0.2) is 0 Å². The van der Waals surface area contributed by atoms with Crippen LogP contribution in [-0.2, 0) is 13.0 Å². The fourth-order valence-corrected chi connectivity index (χ4v) is 5.81. The van der Waals surface area contributed by atoms with Crippen LogP contribution in [0.15, 0.2) is 30.6 Å². The summed E-state index contributed by atoms with van der Waals surface area (Å²) in [5, 5.41) is 6.49. The van der Waals surface area contributed by atoms with E-state index in [4.69, 9.17) is 0 Å². The number of amides is 1. The fourth-order valence-electron chi connectivity index (χ4n) is 5.81. The van der Waals surface area contributed by atoms with Crippen molar-refractivity contribution in [3.8, 4) is 0 Å². The Morgan fingerprint density at radius 1 is 1.09 bits per heavy atom. The van der Waals surface area contributed by atoms with E-state index in [0.29, 0.717) is 11.6 Å². The van der Waals surface area contributed by atoms with E-state index >= 15 is 0 Å².